The Morgan fingerprint density at radius 3 is 3.05 bits per heavy atom. The molecule has 0 N–H and O–H groups in total. The van der Waals surface area contributed by atoms with Crippen LogP contribution in [0.3, 0.4) is 0 Å². The number of amides is 1. The molecule has 1 aromatic heterocycles. The zero-order chi connectivity index (χ0) is 14.1. The van der Waals surface area contributed by atoms with Gasteiger partial charge < -0.3 is 14.2 Å². The van der Waals surface area contributed by atoms with E-state index in [1.165, 1.54) is 0 Å². The Kier molecular flexibility index (Phi) is 3.76. The van der Waals surface area contributed by atoms with E-state index in [2.05, 4.69) is 16.8 Å². The molecule has 1 amide bonds. The monoisotopic (exact) mass is 278 g/mol. The molecule has 0 aromatic carbocycles. The summed E-state index contributed by atoms with van der Waals surface area (Å²) < 4.78 is 7.66. The molecule has 6 heteroatoms. The largest absolute Gasteiger partial charge is 0.375 e. The van der Waals surface area contributed by atoms with Crippen LogP contribution in [0.25, 0.3) is 0 Å². The predicted molar refractivity (Wildman–Crippen MR) is 74.5 cm³/mol. The standard InChI is InChI=1S/C14H22N4O2/c1-3-17-6-7-20-13-4-5-18(9-12(13)17)14(19)11-8-16(2)10-15-11/h8,10,12-13H,3-7,9H2,1-2H3/t12-,13-/m0/s1. The first-order valence-corrected chi connectivity index (χ1v) is 7.32. The lowest BCUT2D eigenvalue weighted by Crippen LogP contribution is -2.60. The molecule has 2 atom stereocenters. The van der Waals surface area contributed by atoms with E-state index in [1.807, 2.05) is 16.5 Å². The Balaban J connectivity index is 1.71. The lowest BCUT2D eigenvalue weighted by molar-refractivity contribution is -0.0962. The van der Waals surface area contributed by atoms with Gasteiger partial charge in [-0.05, 0) is 13.0 Å². The first-order valence-electron chi connectivity index (χ1n) is 7.32. The van der Waals surface area contributed by atoms with Gasteiger partial charge in [-0.1, -0.05) is 6.92 Å². The number of fused-ring (bicyclic) bond motifs is 1. The second-order valence-electron chi connectivity index (χ2n) is 5.57. The molecule has 110 valence electrons. The minimum atomic E-state index is 0.0330. The second-order valence-corrected chi connectivity index (χ2v) is 5.57. The lowest BCUT2D eigenvalue weighted by atomic mass is 9.98. The summed E-state index contributed by atoms with van der Waals surface area (Å²) in [4.78, 5) is 21.0. The van der Waals surface area contributed by atoms with Crippen LogP contribution in [-0.4, -0.2) is 70.2 Å². The van der Waals surface area contributed by atoms with Crippen molar-refractivity contribution >= 4 is 5.91 Å². The molecule has 3 heterocycles. The Hall–Kier alpha value is -1.40. The molecule has 2 aliphatic rings. The van der Waals surface area contributed by atoms with E-state index < -0.39 is 0 Å². The number of imidazole rings is 1. The maximum atomic E-state index is 12.5. The van der Waals surface area contributed by atoms with Crippen molar-refractivity contribution in [3.8, 4) is 0 Å². The Labute approximate surface area is 119 Å². The normalized spacial score (nSPS) is 27.4. The second kappa shape index (κ2) is 5.54. The summed E-state index contributed by atoms with van der Waals surface area (Å²) in [6.45, 7) is 6.45. The highest BCUT2D eigenvalue weighted by Gasteiger charge is 2.38. The molecule has 20 heavy (non-hydrogen) atoms. The molecule has 1 aromatic rings. The van der Waals surface area contributed by atoms with Crippen LogP contribution in [0.2, 0.25) is 0 Å². The zero-order valence-corrected chi connectivity index (χ0v) is 12.2. The summed E-state index contributed by atoms with van der Waals surface area (Å²) >= 11 is 0. The van der Waals surface area contributed by atoms with Crippen molar-refractivity contribution in [3.05, 3.63) is 18.2 Å². The van der Waals surface area contributed by atoms with Crippen LogP contribution in [0.4, 0.5) is 0 Å². The van der Waals surface area contributed by atoms with Crippen molar-refractivity contribution in [1.82, 2.24) is 19.4 Å². The molecule has 2 fully saturated rings. The fraction of sp³-hybridized carbons (Fsp3) is 0.714. The SMILES string of the molecule is CCN1CCO[C@H]2CCN(C(=O)c3cn(C)cn3)C[C@@H]21. The Morgan fingerprint density at radius 2 is 2.35 bits per heavy atom. The van der Waals surface area contributed by atoms with Gasteiger partial charge in [-0.25, -0.2) is 4.98 Å². The third kappa shape index (κ3) is 2.45. The van der Waals surface area contributed by atoms with Gasteiger partial charge in [0.25, 0.3) is 5.91 Å². The van der Waals surface area contributed by atoms with Crippen LogP contribution in [0.1, 0.15) is 23.8 Å². The van der Waals surface area contributed by atoms with Crippen molar-refractivity contribution in [2.75, 3.05) is 32.8 Å². The van der Waals surface area contributed by atoms with Gasteiger partial charge in [0, 0.05) is 32.9 Å². The van der Waals surface area contributed by atoms with Gasteiger partial charge in [0.2, 0.25) is 0 Å². The summed E-state index contributed by atoms with van der Waals surface area (Å²) in [6.07, 6.45) is 4.64. The van der Waals surface area contributed by atoms with Crippen molar-refractivity contribution in [2.45, 2.75) is 25.5 Å². The Bertz CT molecular complexity index is 481. The number of ether oxygens (including phenoxy) is 1. The van der Waals surface area contributed by atoms with E-state index in [4.69, 9.17) is 4.74 Å². The van der Waals surface area contributed by atoms with Gasteiger partial charge in [0.05, 0.1) is 25.1 Å². The zero-order valence-electron chi connectivity index (χ0n) is 12.2. The first-order chi connectivity index (χ1) is 9.69. The molecule has 0 saturated carbocycles. The highest BCUT2D eigenvalue weighted by molar-refractivity contribution is 5.92. The molecule has 2 saturated heterocycles. The summed E-state index contributed by atoms with van der Waals surface area (Å²) in [7, 11) is 1.88. The van der Waals surface area contributed by atoms with Crippen LogP contribution in [0, 0.1) is 0 Å². The van der Waals surface area contributed by atoms with Gasteiger partial charge >= 0.3 is 0 Å². The van der Waals surface area contributed by atoms with Crippen LogP contribution in [-0.2, 0) is 11.8 Å². The minimum absolute atomic E-state index is 0.0330. The first kappa shape index (κ1) is 13.6. The number of aromatic nitrogens is 2. The number of hydrogen-bond acceptors (Lipinski definition) is 4. The molecule has 0 spiro atoms. The maximum Gasteiger partial charge on any atom is 0.274 e. The third-order valence-corrected chi connectivity index (χ3v) is 4.32. The van der Waals surface area contributed by atoms with Gasteiger partial charge in [0.1, 0.15) is 5.69 Å². The molecular weight excluding hydrogens is 256 g/mol. The number of aryl methyl sites for hydroxylation is 1. The van der Waals surface area contributed by atoms with Crippen LogP contribution in [0.5, 0.6) is 0 Å². The van der Waals surface area contributed by atoms with E-state index in [0.717, 1.165) is 39.2 Å². The van der Waals surface area contributed by atoms with E-state index in [1.54, 1.807) is 12.5 Å². The smallest absolute Gasteiger partial charge is 0.274 e. The number of nitrogens with zero attached hydrogens (tertiary/aromatic N) is 4. The highest BCUT2D eigenvalue weighted by Crippen LogP contribution is 2.23. The fourth-order valence-corrected chi connectivity index (χ4v) is 3.20. The van der Waals surface area contributed by atoms with E-state index in [9.17, 15) is 4.79 Å². The highest BCUT2D eigenvalue weighted by atomic mass is 16.5. The van der Waals surface area contributed by atoms with Gasteiger partial charge in [-0.2, -0.15) is 0 Å². The molecule has 0 aliphatic carbocycles. The fourth-order valence-electron chi connectivity index (χ4n) is 3.20. The van der Waals surface area contributed by atoms with Gasteiger partial charge in [-0.15, -0.1) is 0 Å². The quantitative estimate of drug-likeness (QED) is 0.783. The third-order valence-electron chi connectivity index (χ3n) is 4.32. The van der Waals surface area contributed by atoms with Crippen molar-refractivity contribution < 1.29 is 9.53 Å². The van der Waals surface area contributed by atoms with E-state index in [-0.39, 0.29) is 12.0 Å². The number of likely N-dealkylation sites (tertiary alicyclic amines) is 1. The minimum Gasteiger partial charge on any atom is -0.375 e. The maximum absolute atomic E-state index is 12.5. The number of carbonyl (C=O) groups is 1. The molecule has 3 rings (SSSR count). The molecule has 0 unspecified atom stereocenters. The van der Waals surface area contributed by atoms with Gasteiger partial charge in [0.15, 0.2) is 0 Å². The topological polar surface area (TPSA) is 50.6 Å². The van der Waals surface area contributed by atoms with Crippen LogP contribution >= 0.6 is 0 Å². The number of morpholine rings is 1. The van der Waals surface area contributed by atoms with Crippen molar-refractivity contribution in [3.63, 3.8) is 0 Å². The number of likely N-dealkylation sites (N-methyl/N-ethyl adjacent to an activating group) is 1. The van der Waals surface area contributed by atoms with E-state index in [0.29, 0.717) is 11.7 Å². The van der Waals surface area contributed by atoms with Crippen molar-refractivity contribution in [1.29, 1.82) is 0 Å². The number of hydrogen-bond donors (Lipinski definition) is 0. The van der Waals surface area contributed by atoms with Crippen LogP contribution < -0.4 is 0 Å². The lowest BCUT2D eigenvalue weighted by Gasteiger charge is -2.46. The van der Waals surface area contributed by atoms with Gasteiger partial charge in [-0.3, -0.25) is 9.69 Å². The number of rotatable bonds is 2. The average molecular weight is 278 g/mol. The molecule has 0 bridgehead atoms. The average Bonchev–Trinajstić information content (AvgIpc) is 2.91. The molecular formula is C14H22N4O2. The van der Waals surface area contributed by atoms with E-state index >= 15 is 0 Å². The molecule has 2 aliphatic heterocycles. The number of carbonyl (C=O) groups excluding carboxylic acids is 1. The molecule has 0 radical (unpaired) electrons. The Morgan fingerprint density at radius 1 is 1.50 bits per heavy atom. The van der Waals surface area contributed by atoms with Crippen LogP contribution in [0.15, 0.2) is 12.5 Å². The summed E-state index contributed by atoms with van der Waals surface area (Å²) in [5, 5.41) is 0. The number of piperidine rings is 1. The summed E-state index contributed by atoms with van der Waals surface area (Å²) in [5.74, 6) is 0.0330. The summed E-state index contributed by atoms with van der Waals surface area (Å²) in [5.41, 5.74) is 0.533. The van der Waals surface area contributed by atoms with Crippen molar-refractivity contribution in [2.24, 2.45) is 7.05 Å². The predicted octanol–water partition coefficient (Wildman–Crippen LogP) is 0.355. The molecule has 6 nitrogen and oxygen atoms in total. The summed E-state index contributed by atoms with van der Waals surface area (Å²) in [6, 6.07) is 0.329.